The molecule has 0 aliphatic heterocycles. The second-order valence-electron chi connectivity index (χ2n) is 4.03. The summed E-state index contributed by atoms with van der Waals surface area (Å²) in [6, 6.07) is 5.51. The number of aromatic nitrogens is 1. The molecule has 0 saturated heterocycles. The van der Waals surface area contributed by atoms with E-state index in [0.717, 1.165) is 5.69 Å². The number of hydrogen-bond donors (Lipinski definition) is 1. The van der Waals surface area contributed by atoms with Crippen LogP contribution in [0.2, 0.25) is 0 Å². The van der Waals surface area contributed by atoms with Gasteiger partial charge in [-0.1, -0.05) is 13.0 Å². The number of aryl methyl sites for hydroxylation is 1. The van der Waals surface area contributed by atoms with Crippen LogP contribution in [0.4, 0.5) is 0 Å². The summed E-state index contributed by atoms with van der Waals surface area (Å²) in [6.45, 7) is 2.25. The molecule has 0 fully saturated rings. The van der Waals surface area contributed by atoms with Gasteiger partial charge in [0.15, 0.2) is 9.84 Å². The van der Waals surface area contributed by atoms with Gasteiger partial charge in [-0.15, -0.1) is 0 Å². The van der Waals surface area contributed by atoms with Gasteiger partial charge in [-0.2, -0.15) is 0 Å². The van der Waals surface area contributed by atoms with Crippen molar-refractivity contribution < 1.29 is 8.42 Å². The molecule has 0 aliphatic carbocycles. The zero-order chi connectivity index (χ0) is 12.0. The molecule has 1 atom stereocenters. The maximum Gasteiger partial charge on any atom is 0.151 e. The van der Waals surface area contributed by atoms with Crippen molar-refractivity contribution in [2.24, 2.45) is 11.7 Å². The van der Waals surface area contributed by atoms with Crippen molar-refractivity contribution in [2.45, 2.75) is 13.3 Å². The third-order valence-electron chi connectivity index (χ3n) is 2.34. The number of nitrogens with zero attached hydrogens (tertiary/aromatic N) is 1. The van der Waals surface area contributed by atoms with Crippen molar-refractivity contribution in [1.29, 1.82) is 0 Å². The van der Waals surface area contributed by atoms with Gasteiger partial charge in [-0.25, -0.2) is 8.42 Å². The second kappa shape index (κ2) is 5.96. The van der Waals surface area contributed by atoms with Crippen molar-refractivity contribution in [1.82, 2.24) is 4.98 Å². The van der Waals surface area contributed by atoms with Crippen LogP contribution < -0.4 is 5.73 Å². The summed E-state index contributed by atoms with van der Waals surface area (Å²) in [6.07, 6.45) is 2.14. The smallest absolute Gasteiger partial charge is 0.151 e. The Morgan fingerprint density at radius 3 is 2.75 bits per heavy atom. The third kappa shape index (κ3) is 4.72. The molecule has 0 saturated carbocycles. The van der Waals surface area contributed by atoms with Crippen LogP contribution in [0.5, 0.6) is 0 Å². The van der Waals surface area contributed by atoms with E-state index in [1.54, 1.807) is 6.20 Å². The molecule has 1 rings (SSSR count). The second-order valence-corrected chi connectivity index (χ2v) is 6.26. The van der Waals surface area contributed by atoms with E-state index in [4.69, 9.17) is 5.73 Å². The quantitative estimate of drug-likeness (QED) is 0.794. The molecule has 0 radical (unpaired) electrons. The molecule has 0 aromatic carbocycles. The zero-order valence-electron chi connectivity index (χ0n) is 9.46. The van der Waals surface area contributed by atoms with Gasteiger partial charge < -0.3 is 5.73 Å². The molecule has 0 spiro atoms. The van der Waals surface area contributed by atoms with Crippen LogP contribution in [0.3, 0.4) is 0 Å². The first-order valence-electron chi connectivity index (χ1n) is 5.34. The van der Waals surface area contributed by atoms with Gasteiger partial charge in [0.05, 0.1) is 11.5 Å². The minimum Gasteiger partial charge on any atom is -0.330 e. The Bertz CT molecular complexity index is 403. The van der Waals surface area contributed by atoms with Crippen LogP contribution in [-0.4, -0.2) is 31.5 Å². The Morgan fingerprint density at radius 1 is 1.44 bits per heavy atom. The van der Waals surface area contributed by atoms with Crippen molar-refractivity contribution in [3.63, 3.8) is 0 Å². The largest absolute Gasteiger partial charge is 0.330 e. The van der Waals surface area contributed by atoms with Crippen LogP contribution in [0.25, 0.3) is 0 Å². The van der Waals surface area contributed by atoms with E-state index >= 15 is 0 Å². The fourth-order valence-electron chi connectivity index (χ4n) is 1.39. The van der Waals surface area contributed by atoms with E-state index in [1.807, 2.05) is 25.1 Å². The standard InChI is InChI=1S/C11H18N2O2S/c1-10(8-12)9-16(14,15)7-5-11-4-2-3-6-13-11/h2-4,6,10H,5,7-9,12H2,1H3. The van der Waals surface area contributed by atoms with Crippen molar-refractivity contribution in [2.75, 3.05) is 18.1 Å². The summed E-state index contributed by atoms with van der Waals surface area (Å²) in [5, 5.41) is 0. The third-order valence-corrected chi connectivity index (χ3v) is 4.24. The lowest BCUT2D eigenvalue weighted by Crippen LogP contribution is -2.23. The molecule has 5 heteroatoms. The van der Waals surface area contributed by atoms with Crippen LogP contribution in [0.1, 0.15) is 12.6 Å². The first kappa shape index (κ1) is 13.1. The summed E-state index contributed by atoms with van der Waals surface area (Å²) in [5.41, 5.74) is 6.22. The van der Waals surface area contributed by atoms with Gasteiger partial charge in [-0.3, -0.25) is 4.98 Å². The minimum absolute atomic E-state index is 0.0220. The normalized spacial score (nSPS) is 13.6. The molecule has 1 heterocycles. The summed E-state index contributed by atoms with van der Waals surface area (Å²) < 4.78 is 23.4. The SMILES string of the molecule is CC(CN)CS(=O)(=O)CCc1ccccn1. The van der Waals surface area contributed by atoms with E-state index in [2.05, 4.69) is 4.98 Å². The van der Waals surface area contributed by atoms with E-state index in [-0.39, 0.29) is 17.4 Å². The molecule has 1 aromatic heterocycles. The highest BCUT2D eigenvalue weighted by atomic mass is 32.2. The highest BCUT2D eigenvalue weighted by Crippen LogP contribution is 2.04. The fourth-order valence-corrected chi connectivity index (χ4v) is 3.08. The van der Waals surface area contributed by atoms with Gasteiger partial charge >= 0.3 is 0 Å². The Morgan fingerprint density at radius 2 is 2.19 bits per heavy atom. The summed E-state index contributed by atoms with van der Waals surface area (Å²) in [4.78, 5) is 4.09. The average Bonchev–Trinajstić information content (AvgIpc) is 2.27. The highest BCUT2D eigenvalue weighted by molar-refractivity contribution is 7.91. The minimum atomic E-state index is -3.01. The van der Waals surface area contributed by atoms with E-state index in [0.29, 0.717) is 13.0 Å². The maximum atomic E-state index is 11.7. The Hall–Kier alpha value is -0.940. The molecule has 1 aromatic rings. The molecule has 2 N–H and O–H groups in total. The van der Waals surface area contributed by atoms with Gasteiger partial charge in [-0.05, 0) is 24.6 Å². The molecule has 0 amide bonds. The van der Waals surface area contributed by atoms with Crippen LogP contribution in [0, 0.1) is 5.92 Å². The maximum absolute atomic E-state index is 11.7. The monoisotopic (exact) mass is 242 g/mol. The predicted molar refractivity (Wildman–Crippen MR) is 64.8 cm³/mol. The predicted octanol–water partition coefficient (Wildman–Crippen LogP) is 0.634. The first-order valence-corrected chi connectivity index (χ1v) is 7.16. The fraction of sp³-hybridized carbons (Fsp3) is 0.545. The number of pyridine rings is 1. The lowest BCUT2D eigenvalue weighted by atomic mass is 10.2. The van der Waals surface area contributed by atoms with Crippen molar-refractivity contribution in [3.8, 4) is 0 Å². The molecular weight excluding hydrogens is 224 g/mol. The lowest BCUT2D eigenvalue weighted by Gasteiger charge is -2.08. The topological polar surface area (TPSA) is 73.1 Å². The highest BCUT2D eigenvalue weighted by Gasteiger charge is 2.15. The first-order chi connectivity index (χ1) is 7.53. The summed E-state index contributed by atoms with van der Waals surface area (Å²) >= 11 is 0. The number of rotatable bonds is 6. The lowest BCUT2D eigenvalue weighted by molar-refractivity contribution is 0.573. The zero-order valence-corrected chi connectivity index (χ0v) is 10.3. The Labute approximate surface area is 96.8 Å². The van der Waals surface area contributed by atoms with E-state index in [9.17, 15) is 8.42 Å². The van der Waals surface area contributed by atoms with Crippen molar-refractivity contribution in [3.05, 3.63) is 30.1 Å². The number of nitrogens with two attached hydrogens (primary N) is 1. The van der Waals surface area contributed by atoms with Gasteiger partial charge in [0.1, 0.15) is 0 Å². The van der Waals surface area contributed by atoms with Crippen LogP contribution >= 0.6 is 0 Å². The summed E-state index contributed by atoms with van der Waals surface area (Å²) in [5.74, 6) is 0.332. The van der Waals surface area contributed by atoms with Gasteiger partial charge in [0, 0.05) is 18.3 Å². The van der Waals surface area contributed by atoms with Crippen LogP contribution in [-0.2, 0) is 16.3 Å². The van der Waals surface area contributed by atoms with Gasteiger partial charge in [0.25, 0.3) is 0 Å². The average molecular weight is 242 g/mol. The number of hydrogen-bond acceptors (Lipinski definition) is 4. The van der Waals surface area contributed by atoms with E-state index in [1.165, 1.54) is 0 Å². The summed E-state index contributed by atoms with van der Waals surface area (Å²) in [7, 11) is -3.01. The molecule has 0 bridgehead atoms. The molecule has 0 aliphatic rings. The van der Waals surface area contributed by atoms with Gasteiger partial charge in [0.2, 0.25) is 0 Å². The molecule has 4 nitrogen and oxygen atoms in total. The Balaban J connectivity index is 2.49. The van der Waals surface area contributed by atoms with Crippen LogP contribution in [0.15, 0.2) is 24.4 Å². The number of sulfone groups is 1. The molecule has 90 valence electrons. The molecular formula is C11H18N2O2S. The molecule has 1 unspecified atom stereocenters. The van der Waals surface area contributed by atoms with E-state index < -0.39 is 9.84 Å². The van der Waals surface area contributed by atoms with Crippen molar-refractivity contribution >= 4 is 9.84 Å². The Kier molecular flexibility index (Phi) is 4.89. The molecule has 16 heavy (non-hydrogen) atoms.